The number of hydrogen-bond acceptors (Lipinski definition) is 4. The van der Waals surface area contributed by atoms with Crippen LogP contribution in [0.5, 0.6) is 0 Å². The van der Waals surface area contributed by atoms with Crippen molar-refractivity contribution in [1.82, 2.24) is 10.2 Å². The van der Waals surface area contributed by atoms with Crippen molar-refractivity contribution >= 4 is 27.5 Å². The van der Waals surface area contributed by atoms with Crippen LogP contribution in [-0.4, -0.2) is 50.0 Å². The zero-order chi connectivity index (χ0) is 26.2. The number of anilines is 1. The second-order valence-electron chi connectivity index (χ2n) is 8.53. The maximum atomic E-state index is 14.2. The highest BCUT2D eigenvalue weighted by Crippen LogP contribution is 2.22. The van der Waals surface area contributed by atoms with Crippen molar-refractivity contribution in [3.05, 3.63) is 65.7 Å². The summed E-state index contributed by atoms with van der Waals surface area (Å²) in [5.41, 5.74) is 0.555. The maximum absolute atomic E-state index is 14.2. The molecular formula is C25H33F2N3O4S. The lowest BCUT2D eigenvalue weighted by Gasteiger charge is -2.30. The summed E-state index contributed by atoms with van der Waals surface area (Å²) in [6, 6.07) is 10.3. The van der Waals surface area contributed by atoms with E-state index in [-0.39, 0.29) is 49.5 Å². The Kier molecular flexibility index (Phi) is 10.2. The highest BCUT2D eigenvalue weighted by Gasteiger charge is 2.27. The molecule has 0 radical (unpaired) electrons. The van der Waals surface area contributed by atoms with Crippen molar-refractivity contribution in [3.8, 4) is 0 Å². The van der Waals surface area contributed by atoms with E-state index in [9.17, 15) is 26.8 Å². The molecule has 0 unspecified atom stereocenters. The van der Waals surface area contributed by atoms with Gasteiger partial charge < -0.3 is 10.2 Å². The number of halogens is 2. The number of para-hydroxylation sites is 1. The van der Waals surface area contributed by atoms with Crippen LogP contribution < -0.4 is 9.62 Å². The van der Waals surface area contributed by atoms with Gasteiger partial charge in [0.05, 0.1) is 11.9 Å². The van der Waals surface area contributed by atoms with Crippen molar-refractivity contribution in [3.63, 3.8) is 0 Å². The van der Waals surface area contributed by atoms with Gasteiger partial charge in [0, 0.05) is 25.6 Å². The molecule has 0 aliphatic heterocycles. The Labute approximate surface area is 206 Å². The van der Waals surface area contributed by atoms with Crippen LogP contribution in [0, 0.1) is 11.6 Å². The minimum Gasteiger partial charge on any atom is -0.352 e. The summed E-state index contributed by atoms with van der Waals surface area (Å²) >= 11 is 0. The van der Waals surface area contributed by atoms with E-state index in [0.29, 0.717) is 5.56 Å². The van der Waals surface area contributed by atoms with E-state index in [1.165, 1.54) is 41.3 Å². The molecule has 2 aromatic rings. The van der Waals surface area contributed by atoms with Gasteiger partial charge in [-0.25, -0.2) is 17.2 Å². The molecule has 1 N–H and O–H groups in total. The minimum absolute atomic E-state index is 0.0668. The van der Waals surface area contributed by atoms with Crippen LogP contribution >= 0.6 is 0 Å². The number of hydrogen-bond donors (Lipinski definition) is 1. The number of rotatable bonds is 12. The molecule has 2 aromatic carbocycles. The van der Waals surface area contributed by atoms with E-state index in [2.05, 4.69) is 5.32 Å². The lowest BCUT2D eigenvalue weighted by atomic mass is 10.1. The summed E-state index contributed by atoms with van der Waals surface area (Å²) in [4.78, 5) is 27.3. The van der Waals surface area contributed by atoms with E-state index < -0.39 is 27.7 Å². The van der Waals surface area contributed by atoms with Gasteiger partial charge in [-0.1, -0.05) is 31.2 Å². The van der Waals surface area contributed by atoms with Crippen LogP contribution in [0.2, 0.25) is 0 Å². The molecule has 0 aliphatic rings. The lowest BCUT2D eigenvalue weighted by Crippen LogP contribution is -2.49. The minimum atomic E-state index is -3.79. The molecule has 0 saturated carbocycles. The van der Waals surface area contributed by atoms with Crippen LogP contribution in [0.25, 0.3) is 0 Å². The van der Waals surface area contributed by atoms with E-state index >= 15 is 0 Å². The van der Waals surface area contributed by atoms with Crippen molar-refractivity contribution in [2.75, 3.05) is 17.1 Å². The predicted octanol–water partition coefficient (Wildman–Crippen LogP) is 3.84. The Morgan fingerprint density at radius 3 is 2.23 bits per heavy atom. The third-order valence-electron chi connectivity index (χ3n) is 5.71. The summed E-state index contributed by atoms with van der Waals surface area (Å²) in [6.07, 6.45) is 1.74. The molecule has 2 atom stereocenters. The number of sulfonamides is 1. The first-order chi connectivity index (χ1) is 16.4. The molecular weight excluding hydrogens is 476 g/mol. The molecule has 10 heteroatoms. The van der Waals surface area contributed by atoms with Crippen LogP contribution in [0.3, 0.4) is 0 Å². The first kappa shape index (κ1) is 28.2. The average Bonchev–Trinajstić information content (AvgIpc) is 2.80. The molecule has 7 nitrogen and oxygen atoms in total. The van der Waals surface area contributed by atoms with Crippen LogP contribution in [0.1, 0.15) is 45.6 Å². The van der Waals surface area contributed by atoms with Gasteiger partial charge in [-0.3, -0.25) is 13.9 Å². The third kappa shape index (κ3) is 8.31. The molecule has 2 amide bonds. The Morgan fingerprint density at radius 2 is 1.66 bits per heavy atom. The number of carbonyl (C=O) groups excluding carboxylic acids is 2. The first-order valence-corrected chi connectivity index (χ1v) is 13.3. The molecule has 0 aromatic heterocycles. The summed E-state index contributed by atoms with van der Waals surface area (Å²) in [5, 5.41) is 2.86. The fourth-order valence-corrected chi connectivity index (χ4v) is 4.44. The van der Waals surface area contributed by atoms with Gasteiger partial charge in [0.25, 0.3) is 0 Å². The van der Waals surface area contributed by atoms with E-state index in [4.69, 9.17) is 0 Å². The van der Waals surface area contributed by atoms with Crippen molar-refractivity contribution in [1.29, 1.82) is 0 Å². The Hall–Kier alpha value is -3.01. The second-order valence-corrected chi connectivity index (χ2v) is 10.4. The number of carbonyl (C=O) groups is 2. The molecule has 0 spiro atoms. The number of benzene rings is 2. The van der Waals surface area contributed by atoms with E-state index in [1.807, 2.05) is 13.8 Å². The van der Waals surface area contributed by atoms with Gasteiger partial charge in [-0.05, 0) is 56.5 Å². The standard InChI is InChI=1S/C25H33F2N3O4S/c1-5-18(2)28-25(32)19(3)29(17-20-12-14-21(26)15-13-20)24(31)11-8-16-30(35(4,33)34)23-10-7-6-9-22(23)27/h6-7,9-10,12-15,18-19H,5,8,11,16-17H2,1-4H3,(H,28,32)/t18-,19+/m1/s1. The predicted molar refractivity (Wildman–Crippen MR) is 132 cm³/mol. The second kappa shape index (κ2) is 12.6. The van der Waals surface area contributed by atoms with Gasteiger partial charge in [-0.2, -0.15) is 0 Å². The molecule has 35 heavy (non-hydrogen) atoms. The molecule has 0 bridgehead atoms. The van der Waals surface area contributed by atoms with Crippen molar-refractivity contribution < 1.29 is 26.8 Å². The highest BCUT2D eigenvalue weighted by atomic mass is 32.2. The van der Waals surface area contributed by atoms with Gasteiger partial charge in [0.1, 0.15) is 17.7 Å². The van der Waals surface area contributed by atoms with Crippen molar-refractivity contribution in [2.24, 2.45) is 0 Å². The van der Waals surface area contributed by atoms with Gasteiger partial charge >= 0.3 is 0 Å². The fourth-order valence-electron chi connectivity index (χ4n) is 3.47. The molecule has 0 fully saturated rings. The maximum Gasteiger partial charge on any atom is 0.242 e. The number of amides is 2. The Bertz CT molecular complexity index is 1110. The third-order valence-corrected chi connectivity index (χ3v) is 6.89. The molecule has 192 valence electrons. The SMILES string of the molecule is CC[C@@H](C)NC(=O)[C@H](C)N(Cc1ccc(F)cc1)C(=O)CCCN(c1ccccc1F)S(C)(=O)=O. The highest BCUT2D eigenvalue weighted by molar-refractivity contribution is 7.92. The fraction of sp³-hybridized carbons (Fsp3) is 0.440. The monoisotopic (exact) mass is 509 g/mol. The quantitative estimate of drug-likeness (QED) is 0.471. The zero-order valence-corrected chi connectivity index (χ0v) is 21.3. The number of nitrogens with zero attached hydrogens (tertiary/aromatic N) is 2. The summed E-state index contributed by atoms with van der Waals surface area (Å²) < 4.78 is 53.0. The largest absolute Gasteiger partial charge is 0.352 e. The summed E-state index contributed by atoms with van der Waals surface area (Å²) in [7, 11) is -3.79. The zero-order valence-electron chi connectivity index (χ0n) is 20.5. The lowest BCUT2D eigenvalue weighted by molar-refractivity contribution is -0.140. The van der Waals surface area contributed by atoms with Crippen molar-refractivity contribution in [2.45, 2.75) is 58.7 Å². The normalized spacial score (nSPS) is 13.1. The summed E-state index contributed by atoms with van der Waals surface area (Å²) in [5.74, 6) is -1.79. The first-order valence-electron chi connectivity index (χ1n) is 11.5. The van der Waals surface area contributed by atoms with Gasteiger partial charge in [0.15, 0.2) is 0 Å². The van der Waals surface area contributed by atoms with Gasteiger partial charge in [-0.15, -0.1) is 0 Å². The van der Waals surface area contributed by atoms with Crippen LogP contribution in [-0.2, 0) is 26.2 Å². The molecule has 0 saturated heterocycles. The summed E-state index contributed by atoms with van der Waals surface area (Å²) in [6.45, 7) is 5.38. The Balaban J connectivity index is 2.17. The van der Waals surface area contributed by atoms with Gasteiger partial charge in [0.2, 0.25) is 21.8 Å². The number of nitrogens with one attached hydrogen (secondary N) is 1. The van der Waals surface area contributed by atoms with Crippen LogP contribution in [0.15, 0.2) is 48.5 Å². The molecule has 0 heterocycles. The van der Waals surface area contributed by atoms with E-state index in [1.54, 1.807) is 19.1 Å². The van der Waals surface area contributed by atoms with Crippen LogP contribution in [0.4, 0.5) is 14.5 Å². The average molecular weight is 510 g/mol. The Morgan fingerprint density at radius 1 is 1.03 bits per heavy atom. The van der Waals surface area contributed by atoms with E-state index in [0.717, 1.165) is 17.0 Å². The smallest absolute Gasteiger partial charge is 0.242 e. The topological polar surface area (TPSA) is 86.8 Å². The molecule has 0 aliphatic carbocycles. The molecule has 2 rings (SSSR count).